The van der Waals surface area contributed by atoms with Crippen LogP contribution in [0.3, 0.4) is 0 Å². The summed E-state index contributed by atoms with van der Waals surface area (Å²) in [5.74, 6) is 0.423. The summed E-state index contributed by atoms with van der Waals surface area (Å²) in [5, 5.41) is 2.74. The molecular weight excluding hydrogens is 274 g/mol. The Bertz CT molecular complexity index is 624. The number of methoxy groups -OCH3 is 1. The molecule has 3 N–H and O–H groups in total. The highest BCUT2D eigenvalue weighted by Crippen LogP contribution is 2.15. The Labute approximate surface area is 121 Å². The molecule has 0 aliphatic heterocycles. The van der Waals surface area contributed by atoms with Gasteiger partial charge in [0.15, 0.2) is 0 Å². The van der Waals surface area contributed by atoms with Crippen LogP contribution in [0.1, 0.15) is 16.1 Å². The first-order valence-electron chi connectivity index (χ1n) is 5.81. The molecule has 0 fully saturated rings. The van der Waals surface area contributed by atoms with E-state index in [9.17, 15) is 4.79 Å². The second kappa shape index (κ2) is 6.12. The first-order valence-corrected chi connectivity index (χ1v) is 6.22. The SMILES string of the molecule is COc1ccc(NC(=O)c2ccc(C(N)=S)cn2)cc1. The molecule has 0 aliphatic rings. The zero-order valence-electron chi connectivity index (χ0n) is 10.8. The van der Waals surface area contributed by atoms with Gasteiger partial charge in [-0.05, 0) is 36.4 Å². The van der Waals surface area contributed by atoms with Crippen LogP contribution in [0.2, 0.25) is 0 Å². The Morgan fingerprint density at radius 3 is 2.45 bits per heavy atom. The van der Waals surface area contributed by atoms with Gasteiger partial charge in [0.05, 0.1) is 7.11 Å². The minimum atomic E-state index is -0.301. The maximum Gasteiger partial charge on any atom is 0.274 e. The quantitative estimate of drug-likeness (QED) is 0.841. The average Bonchev–Trinajstić information content (AvgIpc) is 2.48. The first-order chi connectivity index (χ1) is 9.60. The molecule has 0 bridgehead atoms. The van der Waals surface area contributed by atoms with Gasteiger partial charge in [-0.25, -0.2) is 0 Å². The lowest BCUT2D eigenvalue weighted by Gasteiger charge is -2.06. The molecule has 1 aromatic heterocycles. The number of thiocarbonyl (C=S) groups is 1. The number of carbonyl (C=O) groups excluding carboxylic acids is 1. The Balaban J connectivity index is 2.08. The number of nitrogens with zero attached hydrogens (tertiary/aromatic N) is 1. The van der Waals surface area contributed by atoms with E-state index in [1.165, 1.54) is 6.20 Å². The van der Waals surface area contributed by atoms with E-state index in [0.717, 1.165) is 5.75 Å². The monoisotopic (exact) mass is 287 g/mol. The highest BCUT2D eigenvalue weighted by atomic mass is 32.1. The second-order valence-electron chi connectivity index (χ2n) is 3.98. The molecule has 0 atom stereocenters. The van der Waals surface area contributed by atoms with Crippen LogP contribution in [0.5, 0.6) is 5.75 Å². The summed E-state index contributed by atoms with van der Waals surface area (Å²) in [6.45, 7) is 0. The molecule has 2 rings (SSSR count). The Kier molecular flexibility index (Phi) is 4.27. The van der Waals surface area contributed by atoms with Crippen molar-refractivity contribution in [1.29, 1.82) is 0 Å². The Hall–Kier alpha value is -2.47. The predicted octanol–water partition coefficient (Wildman–Crippen LogP) is 1.98. The van der Waals surface area contributed by atoms with Gasteiger partial charge < -0.3 is 15.8 Å². The van der Waals surface area contributed by atoms with Gasteiger partial charge in [-0.15, -0.1) is 0 Å². The number of pyridine rings is 1. The fourth-order valence-corrected chi connectivity index (χ4v) is 1.66. The summed E-state index contributed by atoms with van der Waals surface area (Å²) >= 11 is 4.82. The topological polar surface area (TPSA) is 77.2 Å². The molecule has 0 saturated heterocycles. The van der Waals surface area contributed by atoms with Crippen molar-refractivity contribution >= 4 is 28.8 Å². The largest absolute Gasteiger partial charge is 0.497 e. The van der Waals surface area contributed by atoms with Gasteiger partial charge in [0.25, 0.3) is 5.91 Å². The van der Waals surface area contributed by atoms with E-state index < -0.39 is 0 Å². The summed E-state index contributed by atoms with van der Waals surface area (Å²) in [4.78, 5) is 16.3. The van der Waals surface area contributed by atoms with Gasteiger partial charge in [0.2, 0.25) is 0 Å². The third-order valence-corrected chi connectivity index (χ3v) is 2.86. The van der Waals surface area contributed by atoms with Crippen molar-refractivity contribution < 1.29 is 9.53 Å². The molecule has 1 amide bonds. The molecule has 0 aliphatic carbocycles. The van der Waals surface area contributed by atoms with E-state index in [2.05, 4.69) is 10.3 Å². The van der Waals surface area contributed by atoms with Gasteiger partial charge in [-0.3, -0.25) is 9.78 Å². The number of benzene rings is 1. The maximum absolute atomic E-state index is 12.0. The van der Waals surface area contributed by atoms with Crippen LogP contribution >= 0.6 is 12.2 Å². The van der Waals surface area contributed by atoms with Crippen LogP contribution in [-0.4, -0.2) is 23.0 Å². The predicted molar refractivity (Wildman–Crippen MR) is 81.1 cm³/mol. The smallest absolute Gasteiger partial charge is 0.274 e. The molecular formula is C14H13N3O2S. The van der Waals surface area contributed by atoms with Crippen molar-refractivity contribution in [2.45, 2.75) is 0 Å². The van der Waals surface area contributed by atoms with Gasteiger partial charge in [0.1, 0.15) is 16.4 Å². The number of ether oxygens (including phenoxy) is 1. The molecule has 2 aromatic rings. The van der Waals surface area contributed by atoms with E-state index in [0.29, 0.717) is 16.9 Å². The minimum absolute atomic E-state index is 0.250. The first kappa shape index (κ1) is 14.0. The van der Waals surface area contributed by atoms with Gasteiger partial charge >= 0.3 is 0 Å². The number of nitrogens with two attached hydrogens (primary N) is 1. The van der Waals surface area contributed by atoms with Crippen LogP contribution < -0.4 is 15.8 Å². The molecule has 1 aromatic carbocycles. The normalized spacial score (nSPS) is 9.85. The third-order valence-electron chi connectivity index (χ3n) is 2.63. The highest BCUT2D eigenvalue weighted by Gasteiger charge is 2.08. The van der Waals surface area contributed by atoms with Crippen LogP contribution in [0.15, 0.2) is 42.6 Å². The van der Waals surface area contributed by atoms with Gasteiger partial charge in [-0.2, -0.15) is 0 Å². The Morgan fingerprint density at radius 2 is 1.95 bits per heavy atom. The summed E-state index contributed by atoms with van der Waals surface area (Å²) < 4.78 is 5.05. The van der Waals surface area contributed by atoms with Crippen LogP contribution in [0.4, 0.5) is 5.69 Å². The lowest BCUT2D eigenvalue weighted by Crippen LogP contribution is -2.15. The summed E-state index contributed by atoms with van der Waals surface area (Å²) in [6.07, 6.45) is 1.48. The van der Waals surface area contributed by atoms with E-state index in [1.54, 1.807) is 43.5 Å². The molecule has 20 heavy (non-hydrogen) atoms. The number of aromatic nitrogens is 1. The molecule has 6 heteroatoms. The van der Waals surface area contributed by atoms with Crippen LogP contribution in [-0.2, 0) is 0 Å². The van der Waals surface area contributed by atoms with E-state index in [1.807, 2.05) is 0 Å². The molecule has 0 spiro atoms. The zero-order valence-corrected chi connectivity index (χ0v) is 11.6. The number of hydrogen-bond donors (Lipinski definition) is 2. The molecule has 0 radical (unpaired) electrons. The van der Waals surface area contributed by atoms with Crippen molar-refractivity contribution in [3.8, 4) is 5.75 Å². The maximum atomic E-state index is 12.0. The number of hydrogen-bond acceptors (Lipinski definition) is 4. The van der Waals surface area contributed by atoms with Crippen molar-refractivity contribution in [2.24, 2.45) is 5.73 Å². The summed E-state index contributed by atoms with van der Waals surface area (Å²) in [7, 11) is 1.58. The summed E-state index contributed by atoms with van der Waals surface area (Å²) in [5.41, 5.74) is 7.05. The standard InChI is InChI=1S/C14H13N3O2S/c1-19-11-5-3-10(4-6-11)17-14(18)12-7-2-9(8-16-12)13(15)20/h2-8H,1H3,(H2,15,20)(H,17,18). The number of rotatable bonds is 4. The Morgan fingerprint density at radius 1 is 1.25 bits per heavy atom. The number of amides is 1. The van der Waals surface area contributed by atoms with Crippen molar-refractivity contribution in [3.63, 3.8) is 0 Å². The number of carbonyl (C=O) groups is 1. The van der Waals surface area contributed by atoms with Gasteiger partial charge in [0, 0.05) is 17.4 Å². The molecule has 5 nitrogen and oxygen atoms in total. The number of anilines is 1. The lowest BCUT2D eigenvalue weighted by molar-refractivity contribution is 0.102. The van der Waals surface area contributed by atoms with Crippen molar-refractivity contribution in [3.05, 3.63) is 53.9 Å². The highest BCUT2D eigenvalue weighted by molar-refractivity contribution is 7.80. The zero-order chi connectivity index (χ0) is 14.5. The second-order valence-corrected chi connectivity index (χ2v) is 4.42. The van der Waals surface area contributed by atoms with Crippen LogP contribution in [0.25, 0.3) is 0 Å². The fourth-order valence-electron chi connectivity index (χ4n) is 1.54. The average molecular weight is 287 g/mol. The van der Waals surface area contributed by atoms with Crippen LogP contribution in [0, 0.1) is 0 Å². The molecule has 1 heterocycles. The van der Waals surface area contributed by atoms with Gasteiger partial charge in [-0.1, -0.05) is 12.2 Å². The molecule has 0 saturated carbocycles. The molecule has 0 unspecified atom stereocenters. The summed E-state index contributed by atoms with van der Waals surface area (Å²) in [6, 6.07) is 10.3. The van der Waals surface area contributed by atoms with E-state index in [4.69, 9.17) is 22.7 Å². The lowest BCUT2D eigenvalue weighted by atomic mass is 10.2. The van der Waals surface area contributed by atoms with Crippen molar-refractivity contribution in [2.75, 3.05) is 12.4 Å². The van der Waals surface area contributed by atoms with Crippen molar-refractivity contribution in [1.82, 2.24) is 4.98 Å². The van der Waals surface area contributed by atoms with E-state index in [-0.39, 0.29) is 10.9 Å². The molecule has 102 valence electrons. The number of nitrogens with one attached hydrogen (secondary N) is 1. The minimum Gasteiger partial charge on any atom is -0.497 e. The fraction of sp³-hybridized carbons (Fsp3) is 0.0714. The third kappa shape index (κ3) is 3.30. The van der Waals surface area contributed by atoms with E-state index >= 15 is 0 Å².